The first-order valence-corrected chi connectivity index (χ1v) is 11.8. The second kappa shape index (κ2) is 10.8. The molecule has 1 amide bonds. The number of amides is 1. The standard InChI is InChI=1S/C27H38N2O2/c1-4-9-24(20-28-26(31)15-14-21-10-6-5-7-11-21)29-17-16-23(19-27(29,2)3)22-12-8-13-25(30)18-22/h5-8,10-13,18,23-24,30H,4,9,14-17,19-20H2,1-3H3,(H,28,31). The van der Waals surface area contributed by atoms with Crippen molar-refractivity contribution in [2.24, 2.45) is 0 Å². The Hall–Kier alpha value is -2.33. The average molecular weight is 423 g/mol. The molecule has 0 spiro atoms. The van der Waals surface area contributed by atoms with Gasteiger partial charge in [0.1, 0.15) is 5.75 Å². The van der Waals surface area contributed by atoms with Crippen molar-refractivity contribution in [3.05, 3.63) is 65.7 Å². The van der Waals surface area contributed by atoms with Gasteiger partial charge in [0.05, 0.1) is 0 Å². The molecule has 31 heavy (non-hydrogen) atoms. The van der Waals surface area contributed by atoms with Gasteiger partial charge in [0.25, 0.3) is 0 Å². The van der Waals surface area contributed by atoms with E-state index in [0.717, 1.165) is 38.6 Å². The number of rotatable bonds is 9. The molecule has 4 heteroatoms. The summed E-state index contributed by atoms with van der Waals surface area (Å²) in [4.78, 5) is 15.1. The summed E-state index contributed by atoms with van der Waals surface area (Å²) < 4.78 is 0. The van der Waals surface area contributed by atoms with Crippen molar-refractivity contribution in [1.82, 2.24) is 10.2 Å². The summed E-state index contributed by atoms with van der Waals surface area (Å²) >= 11 is 0. The van der Waals surface area contributed by atoms with Crippen LogP contribution in [0, 0.1) is 0 Å². The molecule has 1 heterocycles. The summed E-state index contributed by atoms with van der Waals surface area (Å²) in [5, 5.41) is 13.1. The van der Waals surface area contributed by atoms with E-state index >= 15 is 0 Å². The van der Waals surface area contributed by atoms with Crippen LogP contribution < -0.4 is 5.32 Å². The number of carbonyl (C=O) groups is 1. The zero-order valence-corrected chi connectivity index (χ0v) is 19.3. The van der Waals surface area contributed by atoms with E-state index in [2.05, 4.69) is 49.2 Å². The van der Waals surface area contributed by atoms with Crippen LogP contribution in [-0.2, 0) is 11.2 Å². The van der Waals surface area contributed by atoms with E-state index in [4.69, 9.17) is 0 Å². The highest BCUT2D eigenvalue weighted by atomic mass is 16.3. The highest BCUT2D eigenvalue weighted by molar-refractivity contribution is 5.76. The molecule has 0 radical (unpaired) electrons. The van der Waals surface area contributed by atoms with E-state index in [1.54, 1.807) is 6.07 Å². The van der Waals surface area contributed by atoms with Crippen molar-refractivity contribution in [1.29, 1.82) is 0 Å². The van der Waals surface area contributed by atoms with E-state index in [9.17, 15) is 9.90 Å². The first-order valence-electron chi connectivity index (χ1n) is 11.8. The van der Waals surface area contributed by atoms with Crippen LogP contribution >= 0.6 is 0 Å². The van der Waals surface area contributed by atoms with Gasteiger partial charge in [0.2, 0.25) is 5.91 Å². The number of likely N-dealkylation sites (tertiary alicyclic amines) is 1. The topological polar surface area (TPSA) is 52.6 Å². The largest absolute Gasteiger partial charge is 0.508 e. The zero-order valence-electron chi connectivity index (χ0n) is 19.3. The Kier molecular flexibility index (Phi) is 8.14. The van der Waals surface area contributed by atoms with Crippen molar-refractivity contribution < 1.29 is 9.90 Å². The van der Waals surface area contributed by atoms with Crippen LogP contribution in [-0.4, -0.2) is 40.6 Å². The van der Waals surface area contributed by atoms with Crippen molar-refractivity contribution >= 4 is 5.91 Å². The van der Waals surface area contributed by atoms with Gasteiger partial charge in [-0.25, -0.2) is 0 Å². The quantitative estimate of drug-likeness (QED) is 0.579. The van der Waals surface area contributed by atoms with Gasteiger partial charge in [-0.15, -0.1) is 0 Å². The minimum atomic E-state index is 0.0446. The Morgan fingerprint density at radius 1 is 1.19 bits per heavy atom. The lowest BCUT2D eigenvalue weighted by molar-refractivity contribution is -0.121. The fourth-order valence-electron chi connectivity index (χ4n) is 5.08. The van der Waals surface area contributed by atoms with E-state index in [1.807, 2.05) is 30.3 Å². The number of hydrogen-bond donors (Lipinski definition) is 2. The number of aryl methyl sites for hydroxylation is 1. The molecule has 0 aliphatic carbocycles. The Bertz CT molecular complexity index is 834. The lowest BCUT2D eigenvalue weighted by Crippen LogP contribution is -2.57. The Morgan fingerprint density at radius 3 is 2.65 bits per heavy atom. The van der Waals surface area contributed by atoms with Crippen LogP contribution in [0.2, 0.25) is 0 Å². The van der Waals surface area contributed by atoms with Gasteiger partial charge in [-0.3, -0.25) is 9.69 Å². The molecule has 2 unspecified atom stereocenters. The molecule has 1 fully saturated rings. The minimum Gasteiger partial charge on any atom is -0.508 e. The lowest BCUT2D eigenvalue weighted by atomic mass is 9.78. The molecule has 2 atom stereocenters. The summed E-state index contributed by atoms with van der Waals surface area (Å²) in [6.07, 6.45) is 5.64. The maximum atomic E-state index is 12.5. The normalized spacial score (nSPS) is 19.6. The Morgan fingerprint density at radius 2 is 1.97 bits per heavy atom. The Balaban J connectivity index is 1.56. The van der Waals surface area contributed by atoms with E-state index in [1.165, 1.54) is 11.1 Å². The molecule has 2 aromatic carbocycles. The summed E-state index contributed by atoms with van der Waals surface area (Å²) in [7, 11) is 0. The summed E-state index contributed by atoms with van der Waals surface area (Å²) in [5.41, 5.74) is 2.48. The molecule has 2 aromatic rings. The number of phenols is 1. The van der Waals surface area contributed by atoms with Gasteiger partial charge in [-0.1, -0.05) is 55.8 Å². The molecule has 0 saturated carbocycles. The second-order valence-electron chi connectivity index (χ2n) is 9.52. The van der Waals surface area contributed by atoms with Gasteiger partial charge in [0, 0.05) is 24.5 Å². The van der Waals surface area contributed by atoms with Crippen molar-refractivity contribution in [3.63, 3.8) is 0 Å². The third-order valence-corrected chi connectivity index (χ3v) is 6.66. The molecule has 168 valence electrons. The maximum Gasteiger partial charge on any atom is 0.220 e. The fourth-order valence-corrected chi connectivity index (χ4v) is 5.08. The molecule has 4 nitrogen and oxygen atoms in total. The SMILES string of the molecule is CCCC(CNC(=O)CCc1ccccc1)N1CCC(c2cccc(O)c2)CC1(C)C. The van der Waals surface area contributed by atoms with Crippen LogP contribution in [0.25, 0.3) is 0 Å². The lowest BCUT2D eigenvalue weighted by Gasteiger charge is -2.50. The van der Waals surface area contributed by atoms with Crippen LogP contribution in [0.3, 0.4) is 0 Å². The molecular weight excluding hydrogens is 384 g/mol. The van der Waals surface area contributed by atoms with E-state index < -0.39 is 0 Å². The van der Waals surface area contributed by atoms with Crippen LogP contribution in [0.1, 0.15) is 69.9 Å². The summed E-state index contributed by atoms with van der Waals surface area (Å²) in [6.45, 7) is 8.58. The molecule has 1 aliphatic heterocycles. The molecule has 1 aliphatic rings. The van der Waals surface area contributed by atoms with Crippen LogP contribution in [0.5, 0.6) is 5.75 Å². The average Bonchev–Trinajstić information content (AvgIpc) is 2.75. The predicted octanol–water partition coefficient (Wildman–Crippen LogP) is 5.27. The molecule has 1 saturated heterocycles. The van der Waals surface area contributed by atoms with Crippen molar-refractivity contribution in [2.45, 2.75) is 76.8 Å². The minimum absolute atomic E-state index is 0.0446. The first-order chi connectivity index (χ1) is 14.9. The van der Waals surface area contributed by atoms with Crippen LogP contribution in [0.15, 0.2) is 54.6 Å². The van der Waals surface area contributed by atoms with Gasteiger partial charge in [-0.2, -0.15) is 0 Å². The van der Waals surface area contributed by atoms with Crippen molar-refractivity contribution in [3.8, 4) is 5.75 Å². The fraction of sp³-hybridized carbons (Fsp3) is 0.519. The predicted molar refractivity (Wildman–Crippen MR) is 127 cm³/mol. The van der Waals surface area contributed by atoms with E-state index in [0.29, 0.717) is 30.7 Å². The van der Waals surface area contributed by atoms with Gasteiger partial charge in [0.15, 0.2) is 0 Å². The number of hydrogen-bond acceptors (Lipinski definition) is 3. The highest BCUT2D eigenvalue weighted by Crippen LogP contribution is 2.39. The summed E-state index contributed by atoms with van der Waals surface area (Å²) in [6, 6.07) is 18.3. The third kappa shape index (κ3) is 6.57. The van der Waals surface area contributed by atoms with Gasteiger partial charge >= 0.3 is 0 Å². The first kappa shape index (κ1) is 23.3. The van der Waals surface area contributed by atoms with Gasteiger partial charge < -0.3 is 10.4 Å². The number of carbonyl (C=O) groups excluding carboxylic acids is 1. The second-order valence-corrected chi connectivity index (χ2v) is 9.52. The molecule has 3 rings (SSSR count). The number of benzene rings is 2. The number of aromatic hydroxyl groups is 1. The zero-order chi connectivity index (χ0) is 22.3. The van der Waals surface area contributed by atoms with E-state index in [-0.39, 0.29) is 11.4 Å². The Labute approximate surface area is 187 Å². The number of piperidine rings is 1. The molecule has 0 bridgehead atoms. The number of nitrogens with zero attached hydrogens (tertiary/aromatic N) is 1. The number of phenolic OH excluding ortho intramolecular Hbond substituents is 1. The smallest absolute Gasteiger partial charge is 0.220 e. The van der Waals surface area contributed by atoms with Crippen LogP contribution in [0.4, 0.5) is 0 Å². The number of nitrogens with one attached hydrogen (secondary N) is 1. The monoisotopic (exact) mass is 422 g/mol. The van der Waals surface area contributed by atoms with Crippen molar-refractivity contribution in [2.75, 3.05) is 13.1 Å². The maximum absolute atomic E-state index is 12.5. The van der Waals surface area contributed by atoms with Gasteiger partial charge in [-0.05, 0) is 75.3 Å². The third-order valence-electron chi connectivity index (χ3n) is 6.66. The summed E-state index contributed by atoms with van der Waals surface area (Å²) in [5.74, 6) is 0.943. The molecular formula is C27H38N2O2. The highest BCUT2D eigenvalue weighted by Gasteiger charge is 2.38. The molecule has 2 N–H and O–H groups in total. The molecule has 0 aromatic heterocycles.